The molecule has 0 unspecified atom stereocenters. The van der Waals surface area contributed by atoms with Gasteiger partial charge in [0.25, 0.3) is 12.4 Å². The molecule has 0 bridgehead atoms. The van der Waals surface area contributed by atoms with Gasteiger partial charge in [-0.1, -0.05) is 37.3 Å². The van der Waals surface area contributed by atoms with Crippen LogP contribution in [0.1, 0.15) is 12.5 Å². The molecule has 1 aromatic carbocycles. The van der Waals surface area contributed by atoms with Gasteiger partial charge >= 0.3 is 0 Å². The Morgan fingerprint density at radius 3 is 2.24 bits per heavy atom. The molecule has 0 aliphatic heterocycles. The number of carbonyl (C=O) groups is 2. The summed E-state index contributed by atoms with van der Waals surface area (Å²) in [5.41, 5.74) is 1.41. The molecule has 1 rings (SSSR count). The summed E-state index contributed by atoms with van der Waals surface area (Å²) < 4.78 is 4.18. The molecule has 0 N–H and O–H groups in total. The third kappa shape index (κ3) is 8.02. The molecular formula is C13H19NO3. The lowest BCUT2D eigenvalue weighted by atomic mass is 10.2. The van der Waals surface area contributed by atoms with Crippen molar-refractivity contribution in [3.8, 4) is 0 Å². The zero-order valence-corrected chi connectivity index (χ0v) is 10.6. The molecule has 0 aliphatic rings. The van der Waals surface area contributed by atoms with E-state index in [1.165, 1.54) is 10.5 Å². The van der Waals surface area contributed by atoms with Crippen LogP contribution in [0.3, 0.4) is 0 Å². The molecule has 0 heterocycles. The van der Waals surface area contributed by atoms with Crippen molar-refractivity contribution in [3.05, 3.63) is 35.9 Å². The number of nitrogens with zero attached hydrogens (tertiary/aromatic N) is 1. The van der Waals surface area contributed by atoms with Gasteiger partial charge in [-0.05, 0) is 12.0 Å². The van der Waals surface area contributed by atoms with E-state index in [1.54, 1.807) is 14.1 Å². The quantitative estimate of drug-likeness (QED) is 0.745. The highest BCUT2D eigenvalue weighted by Gasteiger charge is 2.01. The maximum atomic E-state index is 10.5. The fourth-order valence-corrected chi connectivity index (χ4v) is 0.948. The van der Waals surface area contributed by atoms with Crippen LogP contribution in [0.2, 0.25) is 0 Å². The maximum Gasteiger partial charge on any atom is 0.293 e. The van der Waals surface area contributed by atoms with E-state index in [0.29, 0.717) is 0 Å². The Hall–Kier alpha value is -1.84. The molecule has 0 saturated carbocycles. The number of carbonyl (C=O) groups excluding carboxylic acids is 2. The molecule has 94 valence electrons. The average Bonchev–Trinajstić information content (AvgIpc) is 2.37. The lowest BCUT2D eigenvalue weighted by Crippen LogP contribution is -2.25. The number of aryl methyl sites for hydroxylation is 1. The molecule has 1 aromatic rings. The van der Waals surface area contributed by atoms with Crippen LogP contribution < -0.4 is 0 Å². The van der Waals surface area contributed by atoms with Gasteiger partial charge in [-0.25, -0.2) is 0 Å². The van der Waals surface area contributed by atoms with Crippen LogP contribution in [0.4, 0.5) is 0 Å². The van der Waals surface area contributed by atoms with Crippen molar-refractivity contribution in [1.29, 1.82) is 0 Å². The molecule has 1 amide bonds. The van der Waals surface area contributed by atoms with Crippen molar-refractivity contribution in [1.82, 2.24) is 4.90 Å². The van der Waals surface area contributed by atoms with Crippen molar-refractivity contribution in [2.75, 3.05) is 20.7 Å². The van der Waals surface area contributed by atoms with Crippen LogP contribution in [-0.4, -0.2) is 38.0 Å². The third-order valence-corrected chi connectivity index (χ3v) is 2.02. The van der Waals surface area contributed by atoms with E-state index in [9.17, 15) is 9.59 Å². The van der Waals surface area contributed by atoms with Gasteiger partial charge in [0.1, 0.15) is 0 Å². The summed E-state index contributed by atoms with van der Waals surface area (Å²) in [6, 6.07) is 10.5. The topological polar surface area (TPSA) is 46.6 Å². The van der Waals surface area contributed by atoms with E-state index in [4.69, 9.17) is 0 Å². The normalized spacial score (nSPS) is 8.65. The van der Waals surface area contributed by atoms with Crippen molar-refractivity contribution in [2.24, 2.45) is 0 Å². The molecule has 0 aromatic heterocycles. The van der Waals surface area contributed by atoms with Gasteiger partial charge in [-0.3, -0.25) is 9.59 Å². The summed E-state index contributed by atoms with van der Waals surface area (Å²) in [5, 5.41) is 0. The zero-order valence-electron chi connectivity index (χ0n) is 10.6. The molecule has 0 radical (unpaired) electrons. The first-order valence-electron chi connectivity index (χ1n) is 5.41. The minimum Gasteiger partial charge on any atom is -0.458 e. The second-order valence-corrected chi connectivity index (χ2v) is 3.53. The first-order valence-corrected chi connectivity index (χ1v) is 5.41. The number of benzene rings is 1. The van der Waals surface area contributed by atoms with Crippen molar-refractivity contribution >= 4 is 12.4 Å². The van der Waals surface area contributed by atoms with Gasteiger partial charge in [0.2, 0.25) is 0 Å². The van der Waals surface area contributed by atoms with Gasteiger partial charge in [-0.15, -0.1) is 0 Å². The highest BCUT2D eigenvalue weighted by atomic mass is 16.5. The lowest BCUT2D eigenvalue weighted by Gasteiger charge is -2.07. The number of amides is 1. The largest absolute Gasteiger partial charge is 0.458 e. The van der Waals surface area contributed by atoms with E-state index in [0.717, 1.165) is 6.42 Å². The summed E-state index contributed by atoms with van der Waals surface area (Å²) in [7, 11) is 3.19. The summed E-state index contributed by atoms with van der Waals surface area (Å²) in [6.07, 6.45) is 1.14. The van der Waals surface area contributed by atoms with Crippen LogP contribution in [0, 0.1) is 0 Å². The number of hydrogen-bond donors (Lipinski definition) is 0. The van der Waals surface area contributed by atoms with E-state index < -0.39 is 0 Å². The van der Waals surface area contributed by atoms with Crippen molar-refractivity contribution in [3.63, 3.8) is 0 Å². The van der Waals surface area contributed by atoms with Gasteiger partial charge in [-0.2, -0.15) is 0 Å². The predicted molar refractivity (Wildman–Crippen MR) is 66.5 cm³/mol. The van der Waals surface area contributed by atoms with Crippen LogP contribution >= 0.6 is 0 Å². The van der Waals surface area contributed by atoms with Gasteiger partial charge in [0, 0.05) is 14.1 Å². The Morgan fingerprint density at radius 2 is 1.88 bits per heavy atom. The van der Waals surface area contributed by atoms with E-state index in [-0.39, 0.29) is 19.0 Å². The monoisotopic (exact) mass is 237 g/mol. The van der Waals surface area contributed by atoms with Crippen LogP contribution in [0.15, 0.2) is 30.3 Å². The smallest absolute Gasteiger partial charge is 0.293 e. The molecule has 0 spiro atoms. The molecular weight excluding hydrogens is 218 g/mol. The Balaban J connectivity index is 0.000000302. The zero-order chi connectivity index (χ0) is 13.1. The lowest BCUT2D eigenvalue weighted by molar-refractivity contribution is -0.141. The highest BCUT2D eigenvalue weighted by Crippen LogP contribution is 1.96. The fraction of sp³-hybridized carbons (Fsp3) is 0.385. The average molecular weight is 237 g/mol. The summed E-state index contributed by atoms with van der Waals surface area (Å²) in [4.78, 5) is 21.4. The van der Waals surface area contributed by atoms with Gasteiger partial charge in [0.15, 0.2) is 6.61 Å². The Labute approximate surface area is 102 Å². The number of likely N-dealkylation sites (N-methyl/N-ethyl adjacent to an activating group) is 1. The standard InChI is InChI=1S/C8H10.C5H9NO3/c1-2-8-6-4-3-5-7-8;1-6(2)5(8)3-9-4-7/h3-7H,2H2,1H3;4H,3H2,1-2H3. The van der Waals surface area contributed by atoms with Crippen molar-refractivity contribution < 1.29 is 14.3 Å². The first-order chi connectivity index (χ1) is 8.11. The fourth-order valence-electron chi connectivity index (χ4n) is 0.948. The molecule has 0 fully saturated rings. The van der Waals surface area contributed by atoms with Gasteiger partial charge in [0.05, 0.1) is 0 Å². The summed E-state index contributed by atoms with van der Waals surface area (Å²) in [5.74, 6) is -0.220. The molecule has 17 heavy (non-hydrogen) atoms. The van der Waals surface area contributed by atoms with Crippen LogP contribution in [0.25, 0.3) is 0 Å². The SMILES string of the molecule is CCc1ccccc1.CN(C)C(=O)COC=O. The van der Waals surface area contributed by atoms with Crippen LogP contribution in [0.5, 0.6) is 0 Å². The van der Waals surface area contributed by atoms with Crippen LogP contribution in [-0.2, 0) is 20.7 Å². The number of ether oxygens (including phenoxy) is 1. The number of hydrogen-bond acceptors (Lipinski definition) is 3. The second kappa shape index (κ2) is 9.39. The second-order valence-electron chi connectivity index (χ2n) is 3.53. The molecule has 0 aliphatic carbocycles. The van der Waals surface area contributed by atoms with E-state index in [1.807, 2.05) is 6.07 Å². The molecule has 0 atom stereocenters. The van der Waals surface area contributed by atoms with Crippen molar-refractivity contribution in [2.45, 2.75) is 13.3 Å². The Morgan fingerprint density at radius 1 is 1.29 bits per heavy atom. The number of rotatable bonds is 4. The molecule has 4 nitrogen and oxygen atoms in total. The Bertz CT molecular complexity index is 323. The predicted octanol–water partition coefficient (Wildman–Crippen LogP) is 1.50. The first kappa shape index (κ1) is 15.2. The van der Waals surface area contributed by atoms with Gasteiger partial charge < -0.3 is 9.64 Å². The van der Waals surface area contributed by atoms with E-state index in [2.05, 4.69) is 35.9 Å². The Kier molecular flexibility index (Phi) is 8.37. The molecule has 0 saturated heterocycles. The molecule has 4 heteroatoms. The minimum absolute atomic E-state index is 0.170. The third-order valence-electron chi connectivity index (χ3n) is 2.02. The summed E-state index contributed by atoms with van der Waals surface area (Å²) in [6.45, 7) is 2.24. The maximum absolute atomic E-state index is 10.5. The minimum atomic E-state index is -0.220. The summed E-state index contributed by atoms with van der Waals surface area (Å²) >= 11 is 0. The van der Waals surface area contributed by atoms with E-state index >= 15 is 0 Å². The highest BCUT2D eigenvalue weighted by molar-refractivity contribution is 5.77.